The standard InChI is InChI=1S/C10H15BrN2O2S/c1-2-16(14,15)4-3-12-6-9-5-10(11)8-13-7-9/h5,7-8,12H,2-4,6H2,1H3. The number of aromatic nitrogens is 1. The van der Waals surface area contributed by atoms with E-state index in [-0.39, 0.29) is 11.5 Å². The van der Waals surface area contributed by atoms with Gasteiger partial charge in [0.05, 0.1) is 5.75 Å². The van der Waals surface area contributed by atoms with Gasteiger partial charge < -0.3 is 5.32 Å². The normalized spacial score (nSPS) is 11.6. The van der Waals surface area contributed by atoms with Crippen molar-refractivity contribution in [3.8, 4) is 0 Å². The van der Waals surface area contributed by atoms with Gasteiger partial charge in [0, 0.05) is 35.7 Å². The first-order valence-electron chi connectivity index (χ1n) is 5.04. The SMILES string of the molecule is CCS(=O)(=O)CCNCc1cncc(Br)c1. The van der Waals surface area contributed by atoms with Gasteiger partial charge in [-0.15, -0.1) is 0 Å². The first-order chi connectivity index (χ1) is 7.53. The Morgan fingerprint density at radius 3 is 2.81 bits per heavy atom. The molecule has 0 aromatic carbocycles. The summed E-state index contributed by atoms with van der Waals surface area (Å²) in [7, 11) is -2.87. The highest BCUT2D eigenvalue weighted by atomic mass is 79.9. The lowest BCUT2D eigenvalue weighted by atomic mass is 10.3. The molecule has 0 fully saturated rings. The van der Waals surface area contributed by atoms with E-state index in [9.17, 15) is 8.42 Å². The van der Waals surface area contributed by atoms with Crippen LogP contribution in [0.2, 0.25) is 0 Å². The predicted octanol–water partition coefficient (Wildman–Crippen LogP) is 1.37. The molecule has 1 aromatic rings. The minimum Gasteiger partial charge on any atom is -0.312 e. The van der Waals surface area contributed by atoms with Crippen molar-refractivity contribution in [1.29, 1.82) is 0 Å². The van der Waals surface area contributed by atoms with Crippen LogP contribution < -0.4 is 5.32 Å². The van der Waals surface area contributed by atoms with E-state index in [0.29, 0.717) is 13.1 Å². The topological polar surface area (TPSA) is 59.1 Å². The van der Waals surface area contributed by atoms with E-state index >= 15 is 0 Å². The average molecular weight is 307 g/mol. The molecule has 1 heterocycles. The van der Waals surface area contributed by atoms with Gasteiger partial charge in [-0.2, -0.15) is 0 Å². The maximum Gasteiger partial charge on any atom is 0.151 e. The third-order valence-corrected chi connectivity index (χ3v) is 4.26. The van der Waals surface area contributed by atoms with E-state index < -0.39 is 9.84 Å². The molecule has 0 amide bonds. The second-order valence-electron chi connectivity index (χ2n) is 3.42. The summed E-state index contributed by atoms with van der Waals surface area (Å²) >= 11 is 3.33. The molecule has 0 bridgehead atoms. The number of halogens is 1. The summed E-state index contributed by atoms with van der Waals surface area (Å²) in [5.74, 6) is 0.387. The second kappa shape index (κ2) is 6.32. The molecule has 0 atom stereocenters. The van der Waals surface area contributed by atoms with Gasteiger partial charge >= 0.3 is 0 Å². The summed E-state index contributed by atoms with van der Waals surface area (Å²) in [4.78, 5) is 4.02. The van der Waals surface area contributed by atoms with E-state index in [1.807, 2.05) is 6.07 Å². The van der Waals surface area contributed by atoms with Gasteiger partial charge in [0.1, 0.15) is 0 Å². The average Bonchev–Trinajstić information content (AvgIpc) is 2.25. The van der Waals surface area contributed by atoms with E-state index in [0.717, 1.165) is 10.0 Å². The van der Waals surface area contributed by atoms with Crippen molar-refractivity contribution in [2.45, 2.75) is 13.5 Å². The van der Waals surface area contributed by atoms with E-state index in [1.165, 1.54) is 0 Å². The van der Waals surface area contributed by atoms with Crippen molar-refractivity contribution in [3.63, 3.8) is 0 Å². The Labute approximate surface area is 105 Å². The van der Waals surface area contributed by atoms with Crippen LogP contribution in [0, 0.1) is 0 Å². The molecule has 1 rings (SSSR count). The zero-order valence-electron chi connectivity index (χ0n) is 9.11. The fraction of sp³-hybridized carbons (Fsp3) is 0.500. The smallest absolute Gasteiger partial charge is 0.151 e. The number of hydrogen-bond donors (Lipinski definition) is 1. The summed E-state index contributed by atoms with van der Waals surface area (Å²) in [5.41, 5.74) is 1.03. The monoisotopic (exact) mass is 306 g/mol. The molecule has 0 radical (unpaired) electrons. The molecule has 1 aromatic heterocycles. The second-order valence-corrected chi connectivity index (χ2v) is 6.81. The van der Waals surface area contributed by atoms with Crippen molar-refractivity contribution in [2.24, 2.45) is 0 Å². The molecule has 6 heteroatoms. The fourth-order valence-corrected chi connectivity index (χ4v) is 2.31. The quantitative estimate of drug-likeness (QED) is 0.807. The lowest BCUT2D eigenvalue weighted by molar-refractivity contribution is 0.592. The van der Waals surface area contributed by atoms with E-state index in [1.54, 1.807) is 19.3 Å². The van der Waals surface area contributed by atoms with Crippen molar-refractivity contribution < 1.29 is 8.42 Å². The van der Waals surface area contributed by atoms with Gasteiger partial charge in [-0.3, -0.25) is 4.98 Å². The molecule has 90 valence electrons. The minimum atomic E-state index is -2.87. The van der Waals surface area contributed by atoms with Crippen LogP contribution in [0.4, 0.5) is 0 Å². The van der Waals surface area contributed by atoms with Crippen LogP contribution in [0.25, 0.3) is 0 Å². The van der Waals surface area contributed by atoms with Crippen LogP contribution in [-0.4, -0.2) is 31.5 Å². The lowest BCUT2D eigenvalue weighted by Crippen LogP contribution is -2.23. The van der Waals surface area contributed by atoms with E-state index in [4.69, 9.17) is 0 Å². The Morgan fingerprint density at radius 2 is 2.19 bits per heavy atom. The lowest BCUT2D eigenvalue weighted by Gasteiger charge is -2.04. The third kappa shape index (κ3) is 5.05. The van der Waals surface area contributed by atoms with Crippen molar-refractivity contribution in [1.82, 2.24) is 10.3 Å². The third-order valence-electron chi connectivity index (χ3n) is 2.12. The number of rotatable bonds is 6. The Bertz CT molecular complexity index is 434. The zero-order chi connectivity index (χ0) is 12.0. The zero-order valence-corrected chi connectivity index (χ0v) is 11.5. The fourth-order valence-electron chi connectivity index (χ4n) is 1.16. The van der Waals surface area contributed by atoms with Crippen LogP contribution in [0.1, 0.15) is 12.5 Å². The molecule has 0 aliphatic heterocycles. The summed E-state index contributed by atoms with van der Waals surface area (Å²) in [5, 5.41) is 3.08. The predicted molar refractivity (Wildman–Crippen MR) is 68.0 cm³/mol. The van der Waals surface area contributed by atoms with Crippen molar-refractivity contribution in [2.75, 3.05) is 18.1 Å². The molecule has 16 heavy (non-hydrogen) atoms. The van der Waals surface area contributed by atoms with Gasteiger partial charge in [0.2, 0.25) is 0 Å². The Kier molecular flexibility index (Phi) is 5.37. The molecule has 0 unspecified atom stereocenters. The molecular formula is C10H15BrN2O2S. The summed E-state index contributed by atoms with van der Waals surface area (Å²) in [6, 6.07) is 1.95. The molecule has 0 spiro atoms. The van der Waals surface area contributed by atoms with Crippen LogP contribution in [0.15, 0.2) is 22.9 Å². The maximum absolute atomic E-state index is 11.2. The minimum absolute atomic E-state index is 0.185. The molecule has 0 saturated heterocycles. The van der Waals surface area contributed by atoms with Crippen LogP contribution in [0.5, 0.6) is 0 Å². The molecule has 0 aliphatic rings. The van der Waals surface area contributed by atoms with Gasteiger partial charge in [-0.25, -0.2) is 8.42 Å². The van der Waals surface area contributed by atoms with Crippen molar-refractivity contribution >= 4 is 25.8 Å². The Balaban J connectivity index is 2.32. The summed E-state index contributed by atoms with van der Waals surface area (Å²) in [6.07, 6.45) is 3.47. The highest BCUT2D eigenvalue weighted by Gasteiger charge is 2.05. The number of nitrogens with zero attached hydrogens (tertiary/aromatic N) is 1. The van der Waals surface area contributed by atoms with Crippen LogP contribution in [-0.2, 0) is 16.4 Å². The molecule has 4 nitrogen and oxygen atoms in total. The maximum atomic E-state index is 11.2. The van der Waals surface area contributed by atoms with Gasteiger partial charge in [-0.1, -0.05) is 6.92 Å². The Morgan fingerprint density at radius 1 is 1.44 bits per heavy atom. The van der Waals surface area contributed by atoms with Crippen LogP contribution in [0.3, 0.4) is 0 Å². The highest BCUT2D eigenvalue weighted by Crippen LogP contribution is 2.08. The summed E-state index contributed by atoms with van der Waals surface area (Å²) in [6.45, 7) is 2.77. The molecule has 1 N–H and O–H groups in total. The first-order valence-corrected chi connectivity index (χ1v) is 7.65. The first kappa shape index (κ1) is 13.6. The van der Waals surface area contributed by atoms with Gasteiger partial charge in [-0.05, 0) is 27.6 Å². The number of sulfone groups is 1. The summed E-state index contributed by atoms with van der Waals surface area (Å²) < 4.78 is 23.3. The number of nitrogens with one attached hydrogen (secondary N) is 1. The molecule has 0 aliphatic carbocycles. The highest BCUT2D eigenvalue weighted by molar-refractivity contribution is 9.10. The number of pyridine rings is 1. The largest absolute Gasteiger partial charge is 0.312 e. The van der Waals surface area contributed by atoms with Gasteiger partial charge in [0.25, 0.3) is 0 Å². The number of hydrogen-bond acceptors (Lipinski definition) is 4. The Hall–Kier alpha value is -0.460. The van der Waals surface area contributed by atoms with Gasteiger partial charge in [0.15, 0.2) is 9.84 Å². The van der Waals surface area contributed by atoms with E-state index in [2.05, 4.69) is 26.2 Å². The molecular weight excluding hydrogens is 292 g/mol. The molecule has 0 saturated carbocycles. The van der Waals surface area contributed by atoms with Crippen molar-refractivity contribution in [3.05, 3.63) is 28.5 Å². The van der Waals surface area contributed by atoms with Crippen LogP contribution >= 0.6 is 15.9 Å².